The normalized spacial score (nSPS) is 16.8. The van der Waals surface area contributed by atoms with Gasteiger partial charge in [0.1, 0.15) is 18.4 Å². The first-order valence-corrected chi connectivity index (χ1v) is 12.2. The van der Waals surface area contributed by atoms with Gasteiger partial charge in [-0.15, -0.1) is 0 Å². The van der Waals surface area contributed by atoms with Crippen molar-refractivity contribution in [2.24, 2.45) is 0 Å². The van der Waals surface area contributed by atoms with Crippen LogP contribution < -0.4 is 10.1 Å². The van der Waals surface area contributed by atoms with Crippen LogP contribution in [0.3, 0.4) is 0 Å². The van der Waals surface area contributed by atoms with Crippen LogP contribution in [-0.2, 0) is 22.7 Å². The first-order chi connectivity index (χ1) is 18.3. The number of nitrogens with zero attached hydrogens (tertiary/aromatic N) is 2. The summed E-state index contributed by atoms with van der Waals surface area (Å²) in [5, 5.41) is 2.19. The molecule has 0 saturated carbocycles. The fourth-order valence-electron chi connectivity index (χ4n) is 4.65. The number of hydrogen-bond acceptors (Lipinski definition) is 6. The second-order valence-electron chi connectivity index (χ2n) is 9.26. The number of nitrogens with one attached hydrogen (secondary N) is 1. The Bertz CT molecular complexity index is 1430. The smallest absolute Gasteiger partial charge is 0.266 e. The molecule has 0 aliphatic carbocycles. The molecule has 0 aromatic heterocycles. The summed E-state index contributed by atoms with van der Waals surface area (Å²) in [7, 11) is 1.75. The molecular formula is C29H25N3O6. The number of carbonyl (C=O) groups excluding carboxylic acids is 5. The van der Waals surface area contributed by atoms with Crippen LogP contribution in [0, 0.1) is 0 Å². The topological polar surface area (TPSA) is 113 Å². The Labute approximate surface area is 219 Å². The Morgan fingerprint density at radius 3 is 2.34 bits per heavy atom. The SMILES string of the molecule is CN(Cc1ccc(COc2cccc3c2C(=O)N(C2CCC(=O)NC2=O)C3=O)cc1)C(=O)c1ccccc1. The maximum atomic E-state index is 13.2. The molecule has 5 rings (SSSR count). The number of fused-ring (bicyclic) bond motifs is 1. The Kier molecular flexibility index (Phi) is 6.74. The van der Waals surface area contributed by atoms with Crippen molar-refractivity contribution in [3.8, 4) is 5.75 Å². The lowest BCUT2D eigenvalue weighted by molar-refractivity contribution is -0.136. The number of amides is 5. The summed E-state index contributed by atoms with van der Waals surface area (Å²) in [6, 6.07) is 20.4. The van der Waals surface area contributed by atoms with Crippen LogP contribution in [0.15, 0.2) is 72.8 Å². The van der Waals surface area contributed by atoms with Gasteiger partial charge in [0.2, 0.25) is 11.8 Å². The average Bonchev–Trinajstić information content (AvgIpc) is 3.18. The molecule has 38 heavy (non-hydrogen) atoms. The fraction of sp³-hybridized carbons (Fsp3) is 0.207. The zero-order valence-electron chi connectivity index (χ0n) is 20.7. The van der Waals surface area contributed by atoms with Gasteiger partial charge in [-0.1, -0.05) is 48.5 Å². The third kappa shape index (κ3) is 4.78. The second-order valence-corrected chi connectivity index (χ2v) is 9.26. The highest BCUT2D eigenvalue weighted by Crippen LogP contribution is 2.34. The third-order valence-corrected chi connectivity index (χ3v) is 6.63. The van der Waals surface area contributed by atoms with Crippen LogP contribution in [0.2, 0.25) is 0 Å². The molecule has 1 fully saturated rings. The molecule has 2 aliphatic heterocycles. The van der Waals surface area contributed by atoms with E-state index in [1.807, 2.05) is 42.5 Å². The number of rotatable bonds is 7. The van der Waals surface area contributed by atoms with Crippen molar-refractivity contribution in [3.05, 3.63) is 101 Å². The van der Waals surface area contributed by atoms with Crippen LogP contribution in [0.1, 0.15) is 55.0 Å². The lowest BCUT2D eigenvalue weighted by Gasteiger charge is -2.27. The minimum Gasteiger partial charge on any atom is -0.488 e. The van der Waals surface area contributed by atoms with E-state index in [0.717, 1.165) is 16.0 Å². The van der Waals surface area contributed by atoms with E-state index in [9.17, 15) is 24.0 Å². The molecule has 0 radical (unpaired) electrons. The number of imide groups is 2. The molecular weight excluding hydrogens is 486 g/mol. The summed E-state index contributed by atoms with van der Waals surface area (Å²) in [6.07, 6.45) is 0.143. The maximum Gasteiger partial charge on any atom is 0.266 e. The Morgan fingerprint density at radius 2 is 1.63 bits per heavy atom. The predicted molar refractivity (Wildman–Crippen MR) is 136 cm³/mol. The van der Waals surface area contributed by atoms with E-state index in [1.54, 1.807) is 36.2 Å². The van der Waals surface area contributed by atoms with Crippen LogP contribution >= 0.6 is 0 Å². The van der Waals surface area contributed by atoms with Crippen molar-refractivity contribution in [2.45, 2.75) is 32.0 Å². The Hall–Kier alpha value is -4.79. The molecule has 0 bridgehead atoms. The number of hydrogen-bond donors (Lipinski definition) is 1. The van der Waals surface area contributed by atoms with Gasteiger partial charge in [0.05, 0.1) is 11.1 Å². The van der Waals surface area contributed by atoms with Crippen molar-refractivity contribution in [1.82, 2.24) is 15.1 Å². The number of benzene rings is 3. The van der Waals surface area contributed by atoms with E-state index in [-0.39, 0.29) is 42.2 Å². The summed E-state index contributed by atoms with van der Waals surface area (Å²) in [5.74, 6) is -2.10. The van der Waals surface area contributed by atoms with Gasteiger partial charge < -0.3 is 9.64 Å². The monoisotopic (exact) mass is 511 g/mol. The molecule has 2 aliphatic rings. The molecule has 1 N–H and O–H groups in total. The van der Waals surface area contributed by atoms with E-state index >= 15 is 0 Å². The number of carbonyl (C=O) groups is 5. The lowest BCUT2D eigenvalue weighted by Crippen LogP contribution is -2.54. The lowest BCUT2D eigenvalue weighted by atomic mass is 10.0. The minimum absolute atomic E-state index is 0.0549. The first-order valence-electron chi connectivity index (χ1n) is 12.2. The molecule has 3 aromatic carbocycles. The Balaban J connectivity index is 1.25. The molecule has 9 nitrogen and oxygen atoms in total. The van der Waals surface area contributed by atoms with Gasteiger partial charge in [-0.05, 0) is 41.8 Å². The summed E-state index contributed by atoms with van der Waals surface area (Å²) in [4.78, 5) is 65.1. The highest BCUT2D eigenvalue weighted by Gasteiger charge is 2.46. The summed E-state index contributed by atoms with van der Waals surface area (Å²) in [6.45, 7) is 0.587. The quantitative estimate of drug-likeness (QED) is 0.488. The van der Waals surface area contributed by atoms with E-state index in [0.29, 0.717) is 12.1 Å². The standard InChI is InChI=1S/C29H25N3O6/c1-31(27(35)20-6-3-2-4-7-20)16-18-10-12-19(13-11-18)17-38-23-9-5-8-21-25(23)29(37)32(28(21)36)22-14-15-24(33)30-26(22)34/h2-13,22H,14-17H2,1H3,(H,30,33,34). The molecule has 5 amide bonds. The second kappa shape index (κ2) is 10.3. The maximum absolute atomic E-state index is 13.2. The highest BCUT2D eigenvalue weighted by molar-refractivity contribution is 6.24. The van der Waals surface area contributed by atoms with Gasteiger partial charge in [0, 0.05) is 25.6 Å². The summed E-state index contributed by atoms with van der Waals surface area (Å²) < 4.78 is 5.93. The van der Waals surface area contributed by atoms with E-state index in [1.165, 1.54) is 6.07 Å². The zero-order chi connectivity index (χ0) is 26.8. The number of piperidine rings is 1. The van der Waals surface area contributed by atoms with Gasteiger partial charge in [0.15, 0.2) is 0 Å². The van der Waals surface area contributed by atoms with Crippen LogP contribution in [0.25, 0.3) is 0 Å². The molecule has 0 spiro atoms. The van der Waals surface area contributed by atoms with E-state index in [2.05, 4.69) is 5.32 Å². The van der Waals surface area contributed by atoms with Crippen LogP contribution in [-0.4, -0.2) is 52.4 Å². The molecule has 1 atom stereocenters. The molecule has 3 aromatic rings. The highest BCUT2D eigenvalue weighted by atomic mass is 16.5. The Morgan fingerprint density at radius 1 is 0.921 bits per heavy atom. The van der Waals surface area contributed by atoms with Crippen LogP contribution in [0.4, 0.5) is 0 Å². The average molecular weight is 512 g/mol. The van der Waals surface area contributed by atoms with E-state index in [4.69, 9.17) is 4.74 Å². The molecule has 1 saturated heterocycles. The van der Waals surface area contributed by atoms with Crippen molar-refractivity contribution in [3.63, 3.8) is 0 Å². The third-order valence-electron chi connectivity index (χ3n) is 6.63. The predicted octanol–water partition coefficient (Wildman–Crippen LogP) is 2.94. The molecule has 9 heteroatoms. The first kappa shape index (κ1) is 24.9. The van der Waals surface area contributed by atoms with Gasteiger partial charge in [-0.25, -0.2) is 0 Å². The summed E-state index contributed by atoms with van der Waals surface area (Å²) >= 11 is 0. The van der Waals surface area contributed by atoms with Crippen molar-refractivity contribution in [1.29, 1.82) is 0 Å². The van der Waals surface area contributed by atoms with Gasteiger partial charge >= 0.3 is 0 Å². The largest absolute Gasteiger partial charge is 0.488 e. The van der Waals surface area contributed by atoms with Crippen molar-refractivity contribution >= 4 is 29.5 Å². The fourth-order valence-corrected chi connectivity index (χ4v) is 4.65. The van der Waals surface area contributed by atoms with Gasteiger partial charge in [0.25, 0.3) is 17.7 Å². The van der Waals surface area contributed by atoms with Gasteiger partial charge in [-0.3, -0.25) is 34.2 Å². The molecule has 2 heterocycles. The van der Waals surface area contributed by atoms with E-state index < -0.39 is 29.7 Å². The molecule has 192 valence electrons. The van der Waals surface area contributed by atoms with Crippen LogP contribution in [0.5, 0.6) is 5.75 Å². The molecule has 1 unspecified atom stereocenters. The van der Waals surface area contributed by atoms with Gasteiger partial charge in [-0.2, -0.15) is 0 Å². The minimum atomic E-state index is -1.03. The van der Waals surface area contributed by atoms with Crippen molar-refractivity contribution in [2.75, 3.05) is 7.05 Å². The zero-order valence-corrected chi connectivity index (χ0v) is 20.7. The van der Waals surface area contributed by atoms with Crippen molar-refractivity contribution < 1.29 is 28.7 Å². The summed E-state index contributed by atoms with van der Waals surface area (Å²) in [5.41, 5.74) is 2.68. The number of ether oxygens (including phenoxy) is 1.